The van der Waals surface area contributed by atoms with E-state index in [9.17, 15) is 14.6 Å². The molecule has 0 aromatic carbocycles. The van der Waals surface area contributed by atoms with Gasteiger partial charge in [-0.3, -0.25) is 4.57 Å². The van der Waals surface area contributed by atoms with Crippen molar-refractivity contribution in [1.29, 1.82) is 0 Å². The predicted molar refractivity (Wildman–Crippen MR) is 156 cm³/mol. The summed E-state index contributed by atoms with van der Waals surface area (Å²) in [5, 5.41) is 9.94. The molecule has 0 amide bonds. The number of quaternary nitrogens is 1. The molecule has 6 nitrogen and oxygen atoms in total. The maximum atomic E-state index is 12.1. The molecule has 3 atom stereocenters. The van der Waals surface area contributed by atoms with Gasteiger partial charge in [-0.15, -0.1) is 0 Å². The number of phosphoric acid groups is 1. The predicted octanol–water partition coefficient (Wildman–Crippen LogP) is 7.93. The second-order valence-electron chi connectivity index (χ2n) is 11.8. The van der Waals surface area contributed by atoms with E-state index < -0.39 is 20.0 Å². The second-order valence-corrected chi connectivity index (χ2v) is 13.2. The fraction of sp³-hybridized carbons (Fsp3) is 0.933. The first-order valence-electron chi connectivity index (χ1n) is 15.3. The summed E-state index contributed by atoms with van der Waals surface area (Å²) >= 11 is 0. The second kappa shape index (κ2) is 23.6. The number of likely N-dealkylation sites (N-methyl/N-ethyl adjacent to an activating group) is 1. The van der Waals surface area contributed by atoms with Gasteiger partial charge in [0, 0.05) is 0 Å². The van der Waals surface area contributed by atoms with E-state index in [4.69, 9.17) is 9.05 Å². The van der Waals surface area contributed by atoms with Gasteiger partial charge in [0.05, 0.1) is 33.4 Å². The highest BCUT2D eigenvalue weighted by atomic mass is 31.2. The smallest absolute Gasteiger partial charge is 0.268 e. The SMILES string of the molecule is CCCCCCCC/C=C\CCCCCCCCCCCCC(OP(=O)([O-])OCC[N+](C)(C)C)C(C)O. The van der Waals surface area contributed by atoms with E-state index in [0.717, 1.165) is 19.3 Å². The molecule has 0 rings (SSSR count). The molecule has 0 saturated heterocycles. The molecule has 0 aromatic rings. The Bertz CT molecular complexity index is 577. The van der Waals surface area contributed by atoms with E-state index in [0.29, 0.717) is 17.4 Å². The van der Waals surface area contributed by atoms with Crippen molar-refractivity contribution in [3.63, 3.8) is 0 Å². The molecular formula is C30H62NO5P. The van der Waals surface area contributed by atoms with Crippen LogP contribution in [0.5, 0.6) is 0 Å². The van der Waals surface area contributed by atoms with Crippen LogP contribution in [-0.2, 0) is 13.6 Å². The van der Waals surface area contributed by atoms with Gasteiger partial charge in [0.25, 0.3) is 7.82 Å². The zero-order valence-corrected chi connectivity index (χ0v) is 26.0. The first-order chi connectivity index (χ1) is 17.6. The normalized spacial score (nSPS) is 15.8. The number of allylic oxidation sites excluding steroid dienone is 2. The molecule has 0 radical (unpaired) electrons. The zero-order chi connectivity index (χ0) is 27.8. The van der Waals surface area contributed by atoms with E-state index >= 15 is 0 Å². The minimum absolute atomic E-state index is 0.0766. The Morgan fingerprint density at radius 1 is 0.784 bits per heavy atom. The third kappa shape index (κ3) is 27.1. The van der Waals surface area contributed by atoms with Gasteiger partial charge in [0.15, 0.2) is 0 Å². The minimum Gasteiger partial charge on any atom is -0.756 e. The molecule has 1 N–H and O–H groups in total. The molecule has 7 heteroatoms. The number of aliphatic hydroxyl groups is 1. The average molecular weight is 548 g/mol. The lowest BCUT2D eigenvalue weighted by atomic mass is 10.0. The van der Waals surface area contributed by atoms with Gasteiger partial charge in [-0.2, -0.15) is 0 Å². The Balaban J connectivity index is 3.62. The van der Waals surface area contributed by atoms with Gasteiger partial charge < -0.3 is 23.5 Å². The maximum Gasteiger partial charge on any atom is 0.268 e. The lowest BCUT2D eigenvalue weighted by Gasteiger charge is -2.31. The van der Waals surface area contributed by atoms with Crippen molar-refractivity contribution in [2.24, 2.45) is 0 Å². The molecule has 0 spiro atoms. The van der Waals surface area contributed by atoms with E-state index in [-0.39, 0.29) is 6.61 Å². The van der Waals surface area contributed by atoms with Gasteiger partial charge in [0.1, 0.15) is 13.2 Å². The quantitative estimate of drug-likeness (QED) is 0.0489. The average Bonchev–Trinajstić information content (AvgIpc) is 2.80. The van der Waals surface area contributed by atoms with Gasteiger partial charge in [-0.05, 0) is 39.0 Å². The van der Waals surface area contributed by atoms with Crippen LogP contribution in [-0.4, -0.2) is 56.1 Å². The molecule has 3 unspecified atom stereocenters. The van der Waals surface area contributed by atoms with Gasteiger partial charge >= 0.3 is 0 Å². The van der Waals surface area contributed by atoms with Gasteiger partial charge in [0.2, 0.25) is 0 Å². The van der Waals surface area contributed by atoms with E-state index in [1.165, 1.54) is 96.3 Å². The highest BCUT2D eigenvalue weighted by Crippen LogP contribution is 2.41. The minimum atomic E-state index is -4.41. The molecule has 0 bridgehead atoms. The number of unbranched alkanes of at least 4 members (excludes halogenated alkanes) is 16. The topological polar surface area (TPSA) is 78.8 Å². The summed E-state index contributed by atoms with van der Waals surface area (Å²) in [5.41, 5.74) is 0. The monoisotopic (exact) mass is 547 g/mol. The Hall–Kier alpha value is -0.230. The van der Waals surface area contributed by atoms with Crippen LogP contribution in [0.2, 0.25) is 0 Å². The Kier molecular flexibility index (Phi) is 23.5. The molecule has 0 aliphatic rings. The van der Waals surface area contributed by atoms with Crippen LogP contribution >= 0.6 is 7.82 Å². The van der Waals surface area contributed by atoms with Crippen LogP contribution < -0.4 is 4.89 Å². The summed E-state index contributed by atoms with van der Waals surface area (Å²) in [6.07, 6.45) is 26.6. The summed E-state index contributed by atoms with van der Waals surface area (Å²) in [5.74, 6) is 0. The number of nitrogens with zero attached hydrogens (tertiary/aromatic N) is 1. The molecule has 0 aromatic heterocycles. The van der Waals surface area contributed by atoms with Crippen LogP contribution in [0.4, 0.5) is 0 Å². The first-order valence-corrected chi connectivity index (χ1v) is 16.8. The van der Waals surface area contributed by atoms with E-state index in [2.05, 4.69) is 19.1 Å². The molecule has 0 aliphatic heterocycles. The summed E-state index contributed by atoms with van der Waals surface area (Å²) < 4.78 is 22.9. The van der Waals surface area contributed by atoms with Crippen LogP contribution in [0.3, 0.4) is 0 Å². The summed E-state index contributed by atoms with van der Waals surface area (Å²) in [6, 6.07) is 0. The van der Waals surface area contributed by atoms with E-state index in [1.54, 1.807) is 6.92 Å². The summed E-state index contributed by atoms with van der Waals surface area (Å²) in [6.45, 7) is 4.48. The highest BCUT2D eigenvalue weighted by Gasteiger charge is 2.23. The standard InChI is InChI=1S/C30H62NO5P/c1-6-7-8-9-10-11-12-13-14-15-16-17-18-19-20-21-22-23-24-25-26-30(29(2)32)36-37(33,34)35-28-27-31(3,4)5/h13-14,29-30,32H,6-12,15-28H2,1-5H3/b14-13-. The lowest BCUT2D eigenvalue weighted by Crippen LogP contribution is -2.38. The fourth-order valence-electron chi connectivity index (χ4n) is 4.30. The summed E-state index contributed by atoms with van der Waals surface area (Å²) in [4.78, 5) is 12.1. The van der Waals surface area contributed by atoms with Crippen molar-refractivity contribution in [1.82, 2.24) is 0 Å². The molecule has 0 saturated carbocycles. The number of hydrogen-bond acceptors (Lipinski definition) is 5. The fourth-order valence-corrected chi connectivity index (χ4v) is 5.28. The molecule has 0 fully saturated rings. The Labute approximate surface area is 230 Å². The number of aliphatic hydroxyl groups excluding tert-OH is 1. The Morgan fingerprint density at radius 2 is 1.22 bits per heavy atom. The lowest BCUT2D eigenvalue weighted by molar-refractivity contribution is -0.870. The van der Waals surface area contributed by atoms with Crippen molar-refractivity contribution in [3.8, 4) is 0 Å². The van der Waals surface area contributed by atoms with Crippen molar-refractivity contribution < 1.29 is 28.1 Å². The van der Waals surface area contributed by atoms with Crippen molar-refractivity contribution in [2.75, 3.05) is 34.3 Å². The summed E-state index contributed by atoms with van der Waals surface area (Å²) in [7, 11) is 1.50. The molecular weight excluding hydrogens is 485 g/mol. The number of phosphoric ester groups is 1. The van der Waals surface area contributed by atoms with Crippen LogP contribution in [0.15, 0.2) is 12.2 Å². The largest absolute Gasteiger partial charge is 0.756 e. The van der Waals surface area contributed by atoms with Crippen LogP contribution in [0.1, 0.15) is 136 Å². The van der Waals surface area contributed by atoms with Crippen molar-refractivity contribution in [3.05, 3.63) is 12.2 Å². The molecule has 37 heavy (non-hydrogen) atoms. The third-order valence-electron chi connectivity index (χ3n) is 6.81. The van der Waals surface area contributed by atoms with Crippen LogP contribution in [0.25, 0.3) is 0 Å². The molecule has 222 valence electrons. The zero-order valence-electron chi connectivity index (χ0n) is 25.1. The number of rotatable bonds is 27. The third-order valence-corrected chi connectivity index (χ3v) is 7.84. The van der Waals surface area contributed by atoms with Crippen molar-refractivity contribution in [2.45, 2.75) is 148 Å². The first kappa shape index (κ1) is 36.8. The van der Waals surface area contributed by atoms with Gasteiger partial charge in [-0.25, -0.2) is 0 Å². The number of hydrogen-bond donors (Lipinski definition) is 1. The van der Waals surface area contributed by atoms with Crippen molar-refractivity contribution >= 4 is 7.82 Å². The highest BCUT2D eigenvalue weighted by molar-refractivity contribution is 7.45. The van der Waals surface area contributed by atoms with Gasteiger partial charge in [-0.1, -0.05) is 109 Å². The maximum absolute atomic E-state index is 12.1. The van der Waals surface area contributed by atoms with Crippen LogP contribution in [0, 0.1) is 0 Å². The molecule has 0 aliphatic carbocycles. The Morgan fingerprint density at radius 3 is 1.65 bits per heavy atom. The van der Waals surface area contributed by atoms with E-state index in [1.807, 2.05) is 21.1 Å². The molecule has 0 heterocycles.